The second kappa shape index (κ2) is 6.25. The highest BCUT2D eigenvalue weighted by atomic mass is 16.3. The second-order valence-corrected chi connectivity index (χ2v) is 5.84. The van der Waals surface area contributed by atoms with E-state index in [1.807, 2.05) is 0 Å². The maximum atomic E-state index is 5.86. The summed E-state index contributed by atoms with van der Waals surface area (Å²) in [5.74, 6) is 2.31. The zero-order valence-electron chi connectivity index (χ0n) is 12.5. The maximum Gasteiger partial charge on any atom is 0.134 e. The first-order chi connectivity index (χ1) is 9.10. The van der Waals surface area contributed by atoms with Gasteiger partial charge in [-0.25, -0.2) is 0 Å². The molecule has 0 fully saturated rings. The first-order valence-electron chi connectivity index (χ1n) is 7.33. The molecular weight excluding hydrogens is 234 g/mol. The minimum Gasteiger partial charge on any atom is -0.460 e. The van der Waals surface area contributed by atoms with E-state index in [1.165, 1.54) is 17.4 Å². The van der Waals surface area contributed by atoms with Gasteiger partial charge in [0.25, 0.3) is 0 Å². The van der Waals surface area contributed by atoms with E-state index >= 15 is 0 Å². The topological polar surface area (TPSA) is 25.2 Å². The van der Waals surface area contributed by atoms with Crippen molar-refractivity contribution in [3.05, 3.63) is 35.6 Å². The van der Waals surface area contributed by atoms with Crippen LogP contribution in [0.2, 0.25) is 0 Å². The van der Waals surface area contributed by atoms with Crippen molar-refractivity contribution in [2.75, 3.05) is 6.54 Å². The van der Waals surface area contributed by atoms with Crippen LogP contribution in [0.3, 0.4) is 0 Å². The molecule has 1 unspecified atom stereocenters. The van der Waals surface area contributed by atoms with E-state index in [0.29, 0.717) is 11.8 Å². The number of benzene rings is 1. The lowest BCUT2D eigenvalue weighted by Gasteiger charge is -2.07. The van der Waals surface area contributed by atoms with Gasteiger partial charge in [-0.05, 0) is 48.6 Å². The van der Waals surface area contributed by atoms with Crippen LogP contribution in [0.25, 0.3) is 11.0 Å². The molecule has 0 radical (unpaired) electrons. The molecule has 0 amide bonds. The number of fused-ring (bicyclic) bond motifs is 1. The molecule has 0 aliphatic heterocycles. The average Bonchev–Trinajstić information content (AvgIpc) is 2.78. The molecule has 1 heterocycles. The van der Waals surface area contributed by atoms with Gasteiger partial charge in [-0.15, -0.1) is 0 Å². The Morgan fingerprint density at radius 3 is 2.63 bits per heavy atom. The molecule has 104 valence electrons. The smallest absolute Gasteiger partial charge is 0.134 e. The predicted octanol–water partition coefficient (Wildman–Crippen LogP) is 4.69. The standard InChI is InChI=1S/C17H25NO/c1-5-13(4)14-6-7-17-15(8-14)9-16(19-17)11-18-10-12(2)3/h6-9,12-13,18H,5,10-11H2,1-4H3. The highest BCUT2D eigenvalue weighted by Gasteiger charge is 2.08. The molecule has 0 aliphatic carbocycles. The SMILES string of the molecule is CCC(C)c1ccc2oc(CNCC(C)C)cc2c1. The fourth-order valence-corrected chi connectivity index (χ4v) is 2.23. The van der Waals surface area contributed by atoms with Gasteiger partial charge < -0.3 is 9.73 Å². The Morgan fingerprint density at radius 1 is 1.16 bits per heavy atom. The van der Waals surface area contributed by atoms with Gasteiger partial charge in [-0.1, -0.05) is 33.8 Å². The van der Waals surface area contributed by atoms with Gasteiger partial charge in [0.05, 0.1) is 6.54 Å². The Labute approximate surface area is 116 Å². The van der Waals surface area contributed by atoms with Crippen LogP contribution in [0.4, 0.5) is 0 Å². The van der Waals surface area contributed by atoms with Crippen LogP contribution < -0.4 is 5.32 Å². The second-order valence-electron chi connectivity index (χ2n) is 5.84. The van der Waals surface area contributed by atoms with Crippen molar-refractivity contribution in [1.82, 2.24) is 5.32 Å². The molecule has 1 aromatic carbocycles. The van der Waals surface area contributed by atoms with Gasteiger partial charge in [0.15, 0.2) is 0 Å². The van der Waals surface area contributed by atoms with Crippen LogP contribution >= 0.6 is 0 Å². The largest absolute Gasteiger partial charge is 0.460 e. The van der Waals surface area contributed by atoms with Gasteiger partial charge in [0.2, 0.25) is 0 Å². The quantitative estimate of drug-likeness (QED) is 0.814. The zero-order chi connectivity index (χ0) is 13.8. The third-order valence-corrected chi connectivity index (χ3v) is 3.62. The molecule has 0 saturated carbocycles. The molecule has 0 spiro atoms. The van der Waals surface area contributed by atoms with E-state index in [-0.39, 0.29) is 0 Å². The van der Waals surface area contributed by atoms with E-state index in [0.717, 1.165) is 24.4 Å². The predicted molar refractivity (Wildman–Crippen MR) is 81.5 cm³/mol. The van der Waals surface area contributed by atoms with E-state index in [4.69, 9.17) is 4.42 Å². The van der Waals surface area contributed by atoms with E-state index in [9.17, 15) is 0 Å². The summed E-state index contributed by atoms with van der Waals surface area (Å²) < 4.78 is 5.86. The van der Waals surface area contributed by atoms with Crippen molar-refractivity contribution in [3.63, 3.8) is 0 Å². The first-order valence-corrected chi connectivity index (χ1v) is 7.33. The molecule has 1 N–H and O–H groups in total. The molecule has 2 heteroatoms. The van der Waals surface area contributed by atoms with Crippen LogP contribution in [0, 0.1) is 5.92 Å². The summed E-state index contributed by atoms with van der Waals surface area (Å²) in [6.45, 7) is 10.8. The number of hydrogen-bond acceptors (Lipinski definition) is 2. The summed E-state index contributed by atoms with van der Waals surface area (Å²) in [6.07, 6.45) is 1.17. The average molecular weight is 259 g/mol. The van der Waals surface area contributed by atoms with E-state index < -0.39 is 0 Å². The summed E-state index contributed by atoms with van der Waals surface area (Å²) in [7, 11) is 0. The molecule has 2 rings (SSSR count). The molecule has 2 nitrogen and oxygen atoms in total. The monoisotopic (exact) mass is 259 g/mol. The lowest BCUT2D eigenvalue weighted by atomic mass is 9.98. The van der Waals surface area contributed by atoms with E-state index in [2.05, 4.69) is 57.3 Å². The highest BCUT2D eigenvalue weighted by Crippen LogP contribution is 2.26. The van der Waals surface area contributed by atoms with Gasteiger partial charge in [-0.3, -0.25) is 0 Å². The minimum absolute atomic E-state index is 0.613. The molecule has 0 aliphatic rings. The lowest BCUT2D eigenvalue weighted by molar-refractivity contribution is 0.485. The van der Waals surface area contributed by atoms with Crippen LogP contribution in [0.15, 0.2) is 28.7 Å². The minimum atomic E-state index is 0.613. The lowest BCUT2D eigenvalue weighted by Crippen LogP contribution is -2.18. The van der Waals surface area contributed by atoms with Gasteiger partial charge in [-0.2, -0.15) is 0 Å². The number of hydrogen-bond donors (Lipinski definition) is 1. The van der Waals surface area contributed by atoms with E-state index in [1.54, 1.807) is 0 Å². The fraction of sp³-hybridized carbons (Fsp3) is 0.529. The Bertz CT molecular complexity index is 527. The van der Waals surface area contributed by atoms with Gasteiger partial charge in [0, 0.05) is 5.39 Å². The molecule has 0 saturated heterocycles. The molecule has 1 atom stereocenters. The maximum absolute atomic E-state index is 5.86. The van der Waals surface area contributed by atoms with Crippen LogP contribution in [-0.2, 0) is 6.54 Å². The first kappa shape index (κ1) is 14.1. The van der Waals surface area contributed by atoms with Crippen molar-refractivity contribution in [3.8, 4) is 0 Å². The Hall–Kier alpha value is -1.28. The number of furan rings is 1. The van der Waals surface area contributed by atoms with Gasteiger partial charge >= 0.3 is 0 Å². The Kier molecular flexibility index (Phi) is 4.65. The summed E-state index contributed by atoms with van der Waals surface area (Å²) in [6, 6.07) is 8.71. The molecule has 2 aromatic rings. The van der Waals surface area contributed by atoms with Crippen molar-refractivity contribution in [1.29, 1.82) is 0 Å². The summed E-state index contributed by atoms with van der Waals surface area (Å²) >= 11 is 0. The number of nitrogens with one attached hydrogen (secondary N) is 1. The molecular formula is C17H25NO. The van der Waals surface area contributed by atoms with Crippen molar-refractivity contribution < 1.29 is 4.42 Å². The van der Waals surface area contributed by atoms with Gasteiger partial charge in [0.1, 0.15) is 11.3 Å². The Morgan fingerprint density at radius 2 is 1.95 bits per heavy atom. The third-order valence-electron chi connectivity index (χ3n) is 3.62. The molecule has 19 heavy (non-hydrogen) atoms. The normalized spacial score (nSPS) is 13.3. The molecule has 0 bridgehead atoms. The zero-order valence-corrected chi connectivity index (χ0v) is 12.5. The Balaban J connectivity index is 2.11. The third kappa shape index (κ3) is 3.60. The van der Waals surface area contributed by atoms with Crippen LogP contribution in [0.5, 0.6) is 0 Å². The van der Waals surface area contributed by atoms with Crippen LogP contribution in [0.1, 0.15) is 51.4 Å². The summed E-state index contributed by atoms with van der Waals surface area (Å²) in [5, 5.41) is 4.64. The van der Waals surface area contributed by atoms with Crippen molar-refractivity contribution in [2.24, 2.45) is 5.92 Å². The fourth-order valence-electron chi connectivity index (χ4n) is 2.23. The summed E-state index contributed by atoms with van der Waals surface area (Å²) in [4.78, 5) is 0. The summed E-state index contributed by atoms with van der Waals surface area (Å²) in [5.41, 5.74) is 2.39. The van der Waals surface area contributed by atoms with Crippen LogP contribution in [-0.4, -0.2) is 6.54 Å². The van der Waals surface area contributed by atoms with Crippen molar-refractivity contribution >= 4 is 11.0 Å². The van der Waals surface area contributed by atoms with Crippen molar-refractivity contribution in [2.45, 2.75) is 46.6 Å². The molecule has 1 aromatic heterocycles. The highest BCUT2D eigenvalue weighted by molar-refractivity contribution is 5.78. The number of rotatable bonds is 6.